The van der Waals surface area contributed by atoms with E-state index in [-0.39, 0.29) is 23.7 Å². The number of rotatable bonds is 8. The molecule has 1 aromatic carbocycles. The van der Waals surface area contributed by atoms with E-state index in [1.54, 1.807) is 4.90 Å². The maximum absolute atomic E-state index is 13.7. The number of likely N-dealkylation sites (tertiary alicyclic amines) is 1. The highest BCUT2D eigenvalue weighted by Gasteiger charge is 2.43. The number of amides is 2. The van der Waals surface area contributed by atoms with Gasteiger partial charge in [0.15, 0.2) is 0 Å². The average Bonchev–Trinajstić information content (AvgIpc) is 3.64. The maximum Gasteiger partial charge on any atom is 0.264 e. The van der Waals surface area contributed by atoms with Crippen molar-refractivity contribution >= 4 is 23.2 Å². The number of piperazine rings is 1. The quantitative estimate of drug-likeness (QED) is 0.562. The molecule has 5 rings (SSSR count). The van der Waals surface area contributed by atoms with Gasteiger partial charge in [0, 0.05) is 71.5 Å². The minimum absolute atomic E-state index is 0.0341. The third-order valence-electron chi connectivity index (χ3n) is 7.61. The van der Waals surface area contributed by atoms with Gasteiger partial charge in [-0.25, -0.2) is 4.39 Å². The Morgan fingerprint density at radius 1 is 1.08 bits per heavy atom. The van der Waals surface area contributed by atoms with Gasteiger partial charge in [-0.15, -0.1) is 11.3 Å². The number of benzene rings is 1. The molecule has 2 aromatic rings. The normalized spacial score (nSPS) is 23.1. The summed E-state index contributed by atoms with van der Waals surface area (Å²) in [4.78, 5) is 36.4. The Kier molecular flexibility index (Phi) is 8.83. The summed E-state index contributed by atoms with van der Waals surface area (Å²) in [6, 6.07) is 9.90. The van der Waals surface area contributed by atoms with E-state index in [0.29, 0.717) is 37.5 Å². The number of halogens is 1. The van der Waals surface area contributed by atoms with Crippen LogP contribution in [-0.4, -0.2) is 116 Å². The van der Waals surface area contributed by atoms with E-state index in [9.17, 15) is 14.0 Å². The summed E-state index contributed by atoms with van der Waals surface area (Å²) in [5.74, 6) is -0.274. The summed E-state index contributed by atoms with van der Waals surface area (Å²) >= 11 is 1.42. The number of nitrogens with one attached hydrogen (secondary N) is 1. The van der Waals surface area contributed by atoms with Crippen LogP contribution in [0.3, 0.4) is 0 Å². The molecule has 8 nitrogen and oxygen atoms in total. The SMILES string of the molecule is O=C(C1CC(N(CCN2CCOCC2)Cc2ccc(F)cc2)CN1C(=O)c1cccs1)N1CCNCC1. The minimum atomic E-state index is -0.475. The molecular weight excluding hydrogens is 493 g/mol. The van der Waals surface area contributed by atoms with Crippen molar-refractivity contribution in [3.05, 3.63) is 58.0 Å². The molecule has 3 saturated heterocycles. The lowest BCUT2D eigenvalue weighted by molar-refractivity contribution is -0.135. The van der Waals surface area contributed by atoms with Gasteiger partial charge in [-0.05, 0) is 35.6 Å². The molecule has 4 heterocycles. The number of thiophene rings is 1. The summed E-state index contributed by atoms with van der Waals surface area (Å²) in [6.45, 7) is 9.01. The first kappa shape index (κ1) is 26.2. The second kappa shape index (κ2) is 12.4. The minimum Gasteiger partial charge on any atom is -0.379 e. The Balaban J connectivity index is 1.36. The molecule has 0 radical (unpaired) electrons. The topological polar surface area (TPSA) is 68.4 Å². The molecule has 200 valence electrons. The van der Waals surface area contributed by atoms with E-state index in [4.69, 9.17) is 4.74 Å². The molecule has 2 amide bonds. The van der Waals surface area contributed by atoms with Crippen LogP contribution in [0.15, 0.2) is 41.8 Å². The van der Waals surface area contributed by atoms with Crippen LogP contribution in [0.5, 0.6) is 0 Å². The number of ether oxygens (including phenoxy) is 1. The van der Waals surface area contributed by atoms with E-state index in [2.05, 4.69) is 15.1 Å². The summed E-state index contributed by atoms with van der Waals surface area (Å²) in [7, 11) is 0. The summed E-state index contributed by atoms with van der Waals surface area (Å²) in [5, 5.41) is 5.20. The van der Waals surface area contributed by atoms with Crippen molar-refractivity contribution in [3.63, 3.8) is 0 Å². The smallest absolute Gasteiger partial charge is 0.264 e. The third-order valence-corrected chi connectivity index (χ3v) is 8.47. The van der Waals surface area contributed by atoms with Crippen molar-refractivity contribution < 1.29 is 18.7 Å². The largest absolute Gasteiger partial charge is 0.379 e. The zero-order chi connectivity index (χ0) is 25.6. The van der Waals surface area contributed by atoms with Gasteiger partial charge in [-0.3, -0.25) is 19.4 Å². The van der Waals surface area contributed by atoms with E-state index in [0.717, 1.165) is 58.0 Å². The fourth-order valence-electron chi connectivity index (χ4n) is 5.48. The molecule has 2 unspecified atom stereocenters. The fraction of sp³-hybridized carbons (Fsp3) is 0.556. The van der Waals surface area contributed by atoms with Crippen molar-refractivity contribution in [1.29, 1.82) is 0 Å². The lowest BCUT2D eigenvalue weighted by Crippen LogP contribution is -2.53. The van der Waals surface area contributed by atoms with Crippen molar-refractivity contribution in [2.45, 2.75) is 25.0 Å². The van der Waals surface area contributed by atoms with E-state index >= 15 is 0 Å². The van der Waals surface area contributed by atoms with Gasteiger partial charge in [0.2, 0.25) is 5.91 Å². The van der Waals surface area contributed by atoms with E-state index in [1.165, 1.54) is 23.5 Å². The Bertz CT molecular complexity index is 1030. The van der Waals surface area contributed by atoms with Crippen LogP contribution in [0.25, 0.3) is 0 Å². The molecule has 0 saturated carbocycles. The van der Waals surface area contributed by atoms with Crippen molar-refractivity contribution in [1.82, 2.24) is 24.9 Å². The molecule has 3 fully saturated rings. The molecule has 37 heavy (non-hydrogen) atoms. The maximum atomic E-state index is 13.7. The molecule has 3 aliphatic heterocycles. The predicted molar refractivity (Wildman–Crippen MR) is 141 cm³/mol. The predicted octanol–water partition coefficient (Wildman–Crippen LogP) is 1.74. The van der Waals surface area contributed by atoms with Crippen LogP contribution in [0, 0.1) is 5.82 Å². The number of nitrogens with zero attached hydrogens (tertiary/aromatic N) is 4. The van der Waals surface area contributed by atoms with E-state index < -0.39 is 6.04 Å². The molecule has 0 spiro atoms. The second-order valence-electron chi connectivity index (χ2n) is 9.97. The van der Waals surface area contributed by atoms with Crippen LogP contribution in [0.2, 0.25) is 0 Å². The summed E-state index contributed by atoms with van der Waals surface area (Å²) < 4.78 is 19.1. The van der Waals surface area contributed by atoms with Crippen molar-refractivity contribution in [2.24, 2.45) is 0 Å². The first-order valence-electron chi connectivity index (χ1n) is 13.2. The monoisotopic (exact) mass is 529 g/mol. The molecule has 0 bridgehead atoms. The highest BCUT2D eigenvalue weighted by molar-refractivity contribution is 7.12. The zero-order valence-electron chi connectivity index (χ0n) is 21.2. The number of hydrogen-bond acceptors (Lipinski definition) is 7. The third kappa shape index (κ3) is 6.56. The van der Waals surface area contributed by atoms with Crippen LogP contribution in [0.4, 0.5) is 4.39 Å². The first-order valence-corrected chi connectivity index (χ1v) is 14.1. The van der Waals surface area contributed by atoms with Gasteiger partial charge in [0.05, 0.1) is 18.1 Å². The Labute approximate surface area is 222 Å². The Hall–Kier alpha value is -2.37. The van der Waals surface area contributed by atoms with Crippen molar-refractivity contribution in [3.8, 4) is 0 Å². The van der Waals surface area contributed by atoms with Crippen molar-refractivity contribution in [2.75, 3.05) is 72.1 Å². The van der Waals surface area contributed by atoms with Crippen LogP contribution in [0.1, 0.15) is 21.7 Å². The summed E-state index contributed by atoms with van der Waals surface area (Å²) in [5.41, 5.74) is 1.02. The molecular formula is C27H36FN5O3S. The molecule has 1 aromatic heterocycles. The lowest BCUT2D eigenvalue weighted by Gasteiger charge is -2.33. The zero-order valence-corrected chi connectivity index (χ0v) is 22.0. The van der Waals surface area contributed by atoms with Gasteiger partial charge < -0.3 is 19.9 Å². The lowest BCUT2D eigenvalue weighted by atomic mass is 10.1. The van der Waals surface area contributed by atoms with Gasteiger partial charge in [-0.1, -0.05) is 18.2 Å². The number of hydrogen-bond donors (Lipinski definition) is 1. The Morgan fingerprint density at radius 3 is 2.54 bits per heavy atom. The van der Waals surface area contributed by atoms with Crippen LogP contribution < -0.4 is 5.32 Å². The molecule has 0 aliphatic carbocycles. The average molecular weight is 530 g/mol. The summed E-state index contributed by atoms with van der Waals surface area (Å²) in [6.07, 6.45) is 0.601. The van der Waals surface area contributed by atoms with Crippen LogP contribution in [-0.2, 0) is 16.1 Å². The van der Waals surface area contributed by atoms with Gasteiger partial charge >= 0.3 is 0 Å². The standard InChI is InChI=1S/C27H36FN5O3S/c28-22-5-3-21(4-6-22)19-32(12-11-30-13-15-36-16-14-30)23-18-24(26(34)31-9-7-29-8-10-31)33(20-23)27(35)25-2-1-17-37-25/h1-6,17,23-24,29H,7-16,18-20H2. The van der Waals surface area contributed by atoms with Crippen LogP contribution >= 0.6 is 11.3 Å². The van der Waals surface area contributed by atoms with E-state index in [1.807, 2.05) is 34.5 Å². The van der Waals surface area contributed by atoms with Gasteiger partial charge in [0.25, 0.3) is 5.91 Å². The molecule has 3 aliphatic rings. The molecule has 1 N–H and O–H groups in total. The van der Waals surface area contributed by atoms with Gasteiger partial charge in [-0.2, -0.15) is 0 Å². The highest BCUT2D eigenvalue weighted by atomic mass is 32.1. The highest BCUT2D eigenvalue weighted by Crippen LogP contribution is 2.28. The number of carbonyl (C=O) groups excluding carboxylic acids is 2. The molecule has 2 atom stereocenters. The molecule has 10 heteroatoms. The number of carbonyl (C=O) groups is 2. The fourth-order valence-corrected chi connectivity index (χ4v) is 6.16. The second-order valence-corrected chi connectivity index (χ2v) is 10.9. The number of morpholine rings is 1. The first-order chi connectivity index (χ1) is 18.1. The van der Waals surface area contributed by atoms with Gasteiger partial charge in [0.1, 0.15) is 11.9 Å². The Morgan fingerprint density at radius 2 is 1.84 bits per heavy atom.